The van der Waals surface area contributed by atoms with Crippen molar-refractivity contribution >= 4 is 29.1 Å². The molecule has 116 valence electrons. The highest BCUT2D eigenvalue weighted by atomic mass is 35.5. The second kappa shape index (κ2) is 7.42. The molecule has 3 N–H and O–H groups in total. The number of aliphatic hydroxyl groups is 2. The lowest BCUT2D eigenvalue weighted by Crippen LogP contribution is -2.54. The third-order valence-electron chi connectivity index (χ3n) is 3.43. The van der Waals surface area contributed by atoms with E-state index in [1.54, 1.807) is 18.2 Å². The number of aliphatic hydroxyl groups excluding tert-OH is 2. The van der Waals surface area contributed by atoms with Crippen molar-refractivity contribution in [3.05, 3.63) is 33.8 Å². The van der Waals surface area contributed by atoms with Gasteiger partial charge in [0.1, 0.15) is 12.2 Å². The topological polar surface area (TPSA) is 78.8 Å². The normalized spacial score (nSPS) is 25.6. The minimum absolute atomic E-state index is 0.144. The SMILES string of the molecule is O=C(Cc1ccc(Cl)c(Cl)c1)N[C@H]1CCO[C@H](CO)[C@H]1O. The van der Waals surface area contributed by atoms with E-state index in [-0.39, 0.29) is 18.9 Å². The summed E-state index contributed by atoms with van der Waals surface area (Å²) in [7, 11) is 0. The first-order valence-electron chi connectivity index (χ1n) is 6.65. The molecule has 2 rings (SSSR count). The fraction of sp³-hybridized carbons (Fsp3) is 0.500. The number of carbonyl (C=O) groups is 1. The Labute approximate surface area is 132 Å². The number of ether oxygens (including phenoxy) is 1. The second-order valence-corrected chi connectivity index (χ2v) is 5.78. The zero-order valence-corrected chi connectivity index (χ0v) is 12.8. The van der Waals surface area contributed by atoms with Gasteiger partial charge in [-0.2, -0.15) is 0 Å². The molecule has 0 spiro atoms. The van der Waals surface area contributed by atoms with Gasteiger partial charge >= 0.3 is 0 Å². The Morgan fingerprint density at radius 2 is 2.14 bits per heavy atom. The first-order chi connectivity index (χ1) is 10.0. The van der Waals surface area contributed by atoms with Crippen molar-refractivity contribution < 1.29 is 19.7 Å². The van der Waals surface area contributed by atoms with E-state index in [0.29, 0.717) is 23.1 Å². The lowest BCUT2D eigenvalue weighted by molar-refractivity contribution is -0.131. The Morgan fingerprint density at radius 3 is 2.81 bits per heavy atom. The van der Waals surface area contributed by atoms with E-state index >= 15 is 0 Å². The number of halogens is 2. The van der Waals surface area contributed by atoms with Gasteiger partial charge in [0.2, 0.25) is 5.91 Å². The summed E-state index contributed by atoms with van der Waals surface area (Å²) in [5.41, 5.74) is 0.738. The number of carbonyl (C=O) groups excluding carboxylic acids is 1. The molecule has 1 saturated heterocycles. The molecule has 1 fully saturated rings. The first-order valence-corrected chi connectivity index (χ1v) is 7.40. The van der Waals surface area contributed by atoms with Gasteiger partial charge < -0.3 is 20.3 Å². The molecule has 1 heterocycles. The van der Waals surface area contributed by atoms with Gasteiger partial charge in [0.25, 0.3) is 0 Å². The van der Waals surface area contributed by atoms with Gasteiger partial charge in [0.15, 0.2) is 0 Å². The maximum absolute atomic E-state index is 12.0. The molecule has 0 saturated carbocycles. The summed E-state index contributed by atoms with van der Waals surface area (Å²) < 4.78 is 5.21. The van der Waals surface area contributed by atoms with Crippen molar-refractivity contribution in [3.63, 3.8) is 0 Å². The van der Waals surface area contributed by atoms with E-state index in [1.165, 1.54) is 0 Å². The van der Waals surface area contributed by atoms with Gasteiger partial charge in [-0.15, -0.1) is 0 Å². The van der Waals surface area contributed by atoms with Gasteiger partial charge in [-0.1, -0.05) is 29.3 Å². The van der Waals surface area contributed by atoms with Crippen LogP contribution in [0.3, 0.4) is 0 Å². The van der Waals surface area contributed by atoms with Gasteiger partial charge in [-0.3, -0.25) is 4.79 Å². The van der Waals surface area contributed by atoms with Gasteiger partial charge in [0.05, 0.1) is 29.1 Å². The largest absolute Gasteiger partial charge is 0.394 e. The number of amides is 1. The zero-order chi connectivity index (χ0) is 15.4. The number of hydrogen-bond acceptors (Lipinski definition) is 4. The molecule has 0 bridgehead atoms. The average Bonchev–Trinajstić information content (AvgIpc) is 2.45. The molecule has 0 aliphatic carbocycles. The molecule has 5 nitrogen and oxygen atoms in total. The van der Waals surface area contributed by atoms with E-state index in [9.17, 15) is 9.90 Å². The Hall–Kier alpha value is -0.850. The van der Waals surface area contributed by atoms with Crippen molar-refractivity contribution in [2.75, 3.05) is 13.2 Å². The Kier molecular flexibility index (Phi) is 5.84. The van der Waals surface area contributed by atoms with E-state index in [0.717, 1.165) is 5.56 Å². The first kappa shape index (κ1) is 16.5. The highest BCUT2D eigenvalue weighted by molar-refractivity contribution is 6.42. The van der Waals surface area contributed by atoms with Crippen LogP contribution in [-0.2, 0) is 16.0 Å². The minimum Gasteiger partial charge on any atom is -0.394 e. The van der Waals surface area contributed by atoms with Crippen LogP contribution in [0.5, 0.6) is 0 Å². The maximum atomic E-state index is 12.0. The van der Waals surface area contributed by atoms with Gasteiger partial charge in [-0.25, -0.2) is 0 Å². The van der Waals surface area contributed by atoms with Crippen molar-refractivity contribution in [1.82, 2.24) is 5.32 Å². The Bertz CT molecular complexity index is 512. The summed E-state index contributed by atoms with van der Waals surface area (Å²) >= 11 is 11.7. The van der Waals surface area contributed by atoms with Crippen LogP contribution in [0.2, 0.25) is 10.0 Å². The highest BCUT2D eigenvalue weighted by Gasteiger charge is 2.33. The van der Waals surface area contributed by atoms with Crippen LogP contribution in [0, 0.1) is 0 Å². The molecule has 1 aliphatic heterocycles. The summed E-state index contributed by atoms with van der Waals surface area (Å²) in [6, 6.07) is 4.58. The van der Waals surface area contributed by atoms with Crippen LogP contribution < -0.4 is 5.32 Å². The third-order valence-corrected chi connectivity index (χ3v) is 4.17. The van der Waals surface area contributed by atoms with Crippen LogP contribution in [0.4, 0.5) is 0 Å². The standard InChI is InChI=1S/C14H17Cl2NO4/c15-9-2-1-8(5-10(9)16)6-13(19)17-11-3-4-21-12(7-18)14(11)20/h1-2,5,11-12,14,18,20H,3-4,6-7H2,(H,17,19)/t11-,12+,14-/m0/s1. The molecular formula is C14H17Cl2NO4. The van der Waals surface area contributed by atoms with Crippen molar-refractivity contribution in [2.45, 2.75) is 31.1 Å². The molecule has 1 aromatic carbocycles. The van der Waals surface area contributed by atoms with E-state index < -0.39 is 18.2 Å². The molecule has 0 aromatic heterocycles. The quantitative estimate of drug-likeness (QED) is 0.772. The molecule has 0 unspecified atom stereocenters. The molecule has 0 radical (unpaired) electrons. The van der Waals surface area contributed by atoms with Crippen molar-refractivity contribution in [2.24, 2.45) is 0 Å². The van der Waals surface area contributed by atoms with E-state index in [4.69, 9.17) is 33.0 Å². The molecule has 21 heavy (non-hydrogen) atoms. The molecule has 7 heteroatoms. The maximum Gasteiger partial charge on any atom is 0.224 e. The van der Waals surface area contributed by atoms with Crippen LogP contribution in [-0.4, -0.2) is 47.6 Å². The van der Waals surface area contributed by atoms with Crippen molar-refractivity contribution in [1.29, 1.82) is 0 Å². The van der Waals surface area contributed by atoms with Crippen molar-refractivity contribution in [3.8, 4) is 0 Å². The molecule has 1 aromatic rings. The summed E-state index contributed by atoms with van der Waals surface area (Å²) in [5.74, 6) is -0.226. The molecule has 3 atom stereocenters. The van der Waals surface area contributed by atoms with E-state index in [2.05, 4.69) is 5.32 Å². The third kappa shape index (κ3) is 4.31. The summed E-state index contributed by atoms with van der Waals surface area (Å²) in [4.78, 5) is 12.0. The number of benzene rings is 1. The monoisotopic (exact) mass is 333 g/mol. The Balaban J connectivity index is 1.93. The fourth-order valence-electron chi connectivity index (χ4n) is 2.29. The second-order valence-electron chi connectivity index (χ2n) is 4.97. The van der Waals surface area contributed by atoms with Gasteiger partial charge in [0, 0.05) is 6.61 Å². The summed E-state index contributed by atoms with van der Waals surface area (Å²) in [6.07, 6.45) is -0.925. The minimum atomic E-state index is -0.915. The summed E-state index contributed by atoms with van der Waals surface area (Å²) in [5, 5.41) is 22.7. The Morgan fingerprint density at radius 1 is 1.38 bits per heavy atom. The van der Waals surface area contributed by atoms with Gasteiger partial charge in [-0.05, 0) is 24.1 Å². The average molecular weight is 334 g/mol. The zero-order valence-electron chi connectivity index (χ0n) is 11.3. The lowest BCUT2D eigenvalue weighted by atomic mass is 9.99. The number of hydrogen-bond donors (Lipinski definition) is 3. The lowest BCUT2D eigenvalue weighted by Gasteiger charge is -2.34. The smallest absolute Gasteiger partial charge is 0.224 e. The van der Waals surface area contributed by atoms with Crippen LogP contribution in [0.25, 0.3) is 0 Å². The van der Waals surface area contributed by atoms with Crippen LogP contribution in [0.1, 0.15) is 12.0 Å². The molecular weight excluding hydrogens is 317 g/mol. The number of rotatable bonds is 4. The van der Waals surface area contributed by atoms with E-state index in [1.807, 2.05) is 0 Å². The van der Waals surface area contributed by atoms with Crippen LogP contribution in [0.15, 0.2) is 18.2 Å². The summed E-state index contributed by atoms with van der Waals surface area (Å²) in [6.45, 7) is 0.111. The predicted molar refractivity (Wildman–Crippen MR) is 79.5 cm³/mol. The molecule has 1 aliphatic rings. The fourth-order valence-corrected chi connectivity index (χ4v) is 2.61. The van der Waals surface area contributed by atoms with Crippen LogP contribution >= 0.6 is 23.2 Å². The molecule has 1 amide bonds. The predicted octanol–water partition coefficient (Wildman–Crippen LogP) is 1.16. The number of nitrogens with one attached hydrogen (secondary N) is 1. The highest BCUT2D eigenvalue weighted by Crippen LogP contribution is 2.23.